The van der Waals surface area contributed by atoms with E-state index in [1.165, 1.54) is 0 Å². The average Bonchev–Trinajstić information content (AvgIpc) is 2.31. The predicted octanol–water partition coefficient (Wildman–Crippen LogP) is 0.542. The maximum atomic E-state index is 11.0. The van der Waals surface area contributed by atoms with Crippen molar-refractivity contribution in [2.24, 2.45) is 7.05 Å². The number of hydrogen-bond donors (Lipinski definition) is 1. The van der Waals surface area contributed by atoms with E-state index in [-0.39, 0.29) is 5.91 Å². The number of nitrogens with one attached hydrogen (secondary N) is 1. The van der Waals surface area contributed by atoms with Gasteiger partial charge in [-0.1, -0.05) is 0 Å². The highest BCUT2D eigenvalue weighted by atomic mass is 79.9. The summed E-state index contributed by atoms with van der Waals surface area (Å²) in [6, 6.07) is 1.67. The number of halogens is 1. The number of amides is 1. The molecule has 1 aromatic heterocycles. The van der Waals surface area contributed by atoms with Crippen molar-refractivity contribution in [1.29, 1.82) is 0 Å². The van der Waals surface area contributed by atoms with Crippen molar-refractivity contribution < 1.29 is 4.79 Å². The highest BCUT2D eigenvalue weighted by Gasteiger charge is 2.08. The molecule has 0 radical (unpaired) electrons. The molecule has 0 aromatic carbocycles. The van der Waals surface area contributed by atoms with Crippen molar-refractivity contribution in [1.82, 2.24) is 15.1 Å². The van der Waals surface area contributed by atoms with Gasteiger partial charge >= 0.3 is 0 Å². The minimum absolute atomic E-state index is 0.175. The highest BCUT2D eigenvalue weighted by Crippen LogP contribution is 2.09. The predicted molar refractivity (Wildman–Crippen MR) is 44.3 cm³/mol. The van der Waals surface area contributed by atoms with Gasteiger partial charge in [-0.2, -0.15) is 5.10 Å². The van der Waals surface area contributed by atoms with Gasteiger partial charge in [-0.25, -0.2) is 0 Å². The Kier molecular flexibility index (Phi) is 2.28. The average molecular weight is 218 g/mol. The summed E-state index contributed by atoms with van der Waals surface area (Å²) in [5, 5.41) is 6.42. The van der Waals surface area contributed by atoms with Crippen LogP contribution in [0.3, 0.4) is 0 Å². The molecule has 0 unspecified atom stereocenters. The molecule has 60 valence electrons. The second-order valence-electron chi connectivity index (χ2n) is 2.06. The maximum absolute atomic E-state index is 11.0. The van der Waals surface area contributed by atoms with Crippen molar-refractivity contribution >= 4 is 21.8 Å². The Bertz CT molecular complexity index is 262. The van der Waals surface area contributed by atoms with Crippen LogP contribution in [0.5, 0.6) is 0 Å². The summed E-state index contributed by atoms with van der Waals surface area (Å²) in [6.07, 6.45) is 0. The molecule has 1 aromatic rings. The van der Waals surface area contributed by atoms with Gasteiger partial charge in [-0.3, -0.25) is 9.48 Å². The van der Waals surface area contributed by atoms with Crippen LogP contribution in [-0.2, 0) is 7.05 Å². The van der Waals surface area contributed by atoms with Gasteiger partial charge in [-0.15, -0.1) is 0 Å². The van der Waals surface area contributed by atoms with Crippen molar-refractivity contribution in [3.63, 3.8) is 0 Å². The molecule has 0 bridgehead atoms. The van der Waals surface area contributed by atoms with Gasteiger partial charge < -0.3 is 5.32 Å². The normalized spacial score (nSPS) is 9.73. The Balaban J connectivity index is 2.97. The Morgan fingerprint density at radius 3 is 2.82 bits per heavy atom. The van der Waals surface area contributed by atoms with Gasteiger partial charge in [-0.05, 0) is 15.9 Å². The molecule has 0 fully saturated rings. The monoisotopic (exact) mass is 217 g/mol. The van der Waals surface area contributed by atoms with E-state index >= 15 is 0 Å². The molecule has 0 spiro atoms. The number of carbonyl (C=O) groups excluding carboxylic acids is 1. The van der Waals surface area contributed by atoms with Crippen LogP contribution in [0.4, 0.5) is 0 Å². The summed E-state index contributed by atoms with van der Waals surface area (Å²) in [7, 11) is 3.33. The zero-order valence-electron chi connectivity index (χ0n) is 6.26. The van der Waals surface area contributed by atoms with Gasteiger partial charge in [0.1, 0.15) is 4.60 Å². The molecule has 0 saturated heterocycles. The number of nitrogens with zero attached hydrogens (tertiary/aromatic N) is 2. The number of aromatic nitrogens is 2. The lowest BCUT2D eigenvalue weighted by atomic mass is 10.4. The Morgan fingerprint density at radius 1 is 1.82 bits per heavy atom. The van der Waals surface area contributed by atoms with Crippen LogP contribution in [0.2, 0.25) is 0 Å². The third-order valence-corrected chi connectivity index (χ3v) is 2.02. The number of carbonyl (C=O) groups is 1. The molecule has 11 heavy (non-hydrogen) atoms. The number of aryl methyl sites for hydroxylation is 1. The van der Waals surface area contributed by atoms with Crippen molar-refractivity contribution in [3.8, 4) is 0 Å². The quantitative estimate of drug-likeness (QED) is 0.747. The summed E-state index contributed by atoms with van der Waals surface area (Å²) in [5.41, 5.74) is 0.418. The SMILES string of the molecule is CNC(=O)c1cc(Br)n(C)n1. The highest BCUT2D eigenvalue weighted by molar-refractivity contribution is 9.10. The summed E-state index contributed by atoms with van der Waals surface area (Å²) >= 11 is 3.23. The van der Waals surface area contributed by atoms with Gasteiger partial charge in [0.05, 0.1) is 0 Å². The zero-order valence-corrected chi connectivity index (χ0v) is 7.84. The van der Waals surface area contributed by atoms with E-state index < -0.39 is 0 Å². The van der Waals surface area contributed by atoms with Crippen LogP contribution >= 0.6 is 15.9 Å². The van der Waals surface area contributed by atoms with Crippen molar-refractivity contribution in [2.75, 3.05) is 7.05 Å². The smallest absolute Gasteiger partial charge is 0.271 e. The fourth-order valence-corrected chi connectivity index (χ4v) is 0.980. The zero-order chi connectivity index (χ0) is 8.43. The van der Waals surface area contributed by atoms with E-state index in [1.807, 2.05) is 0 Å². The third-order valence-electron chi connectivity index (χ3n) is 1.28. The van der Waals surface area contributed by atoms with Crippen LogP contribution < -0.4 is 5.32 Å². The molecular weight excluding hydrogens is 210 g/mol. The van der Waals surface area contributed by atoms with E-state index in [0.29, 0.717) is 5.69 Å². The first-order valence-corrected chi connectivity index (χ1v) is 3.86. The van der Waals surface area contributed by atoms with E-state index in [1.54, 1.807) is 24.8 Å². The first-order valence-electron chi connectivity index (χ1n) is 3.06. The fourth-order valence-electron chi connectivity index (χ4n) is 0.684. The first-order chi connectivity index (χ1) is 5.15. The van der Waals surface area contributed by atoms with Crippen LogP contribution in [-0.4, -0.2) is 22.7 Å². The largest absolute Gasteiger partial charge is 0.354 e. The Morgan fingerprint density at radius 2 is 2.45 bits per heavy atom. The van der Waals surface area contributed by atoms with Gasteiger partial charge in [0.25, 0.3) is 5.91 Å². The molecule has 0 aliphatic carbocycles. The summed E-state index contributed by atoms with van der Waals surface area (Å²) in [6.45, 7) is 0. The second-order valence-corrected chi connectivity index (χ2v) is 2.87. The summed E-state index contributed by atoms with van der Waals surface area (Å²) in [4.78, 5) is 11.0. The minimum atomic E-state index is -0.175. The van der Waals surface area contributed by atoms with E-state index in [4.69, 9.17) is 0 Å². The minimum Gasteiger partial charge on any atom is -0.354 e. The van der Waals surface area contributed by atoms with Crippen molar-refractivity contribution in [2.45, 2.75) is 0 Å². The Hall–Kier alpha value is -0.840. The molecule has 5 heteroatoms. The Labute approximate surface area is 72.7 Å². The first kappa shape index (κ1) is 8.26. The maximum Gasteiger partial charge on any atom is 0.271 e. The van der Waals surface area contributed by atoms with Crippen LogP contribution in [0.25, 0.3) is 0 Å². The van der Waals surface area contributed by atoms with Crippen LogP contribution in [0.15, 0.2) is 10.7 Å². The number of hydrogen-bond acceptors (Lipinski definition) is 2. The summed E-state index contributed by atoms with van der Waals surface area (Å²) < 4.78 is 2.38. The van der Waals surface area contributed by atoms with E-state index in [2.05, 4.69) is 26.3 Å². The molecule has 4 nitrogen and oxygen atoms in total. The van der Waals surface area contributed by atoms with E-state index in [9.17, 15) is 4.79 Å². The standard InChI is InChI=1S/C6H8BrN3O/c1-8-6(11)4-3-5(7)10(2)9-4/h3H,1-2H3,(H,8,11). The molecule has 0 saturated carbocycles. The van der Waals surface area contributed by atoms with Crippen LogP contribution in [0, 0.1) is 0 Å². The van der Waals surface area contributed by atoms with Gasteiger partial charge in [0.2, 0.25) is 0 Å². The molecule has 0 atom stereocenters. The number of rotatable bonds is 1. The summed E-state index contributed by atoms with van der Waals surface area (Å²) in [5.74, 6) is -0.175. The van der Waals surface area contributed by atoms with Crippen LogP contribution in [0.1, 0.15) is 10.5 Å². The molecule has 0 aliphatic rings. The molecule has 1 heterocycles. The second kappa shape index (κ2) is 3.04. The van der Waals surface area contributed by atoms with Gasteiger partial charge in [0.15, 0.2) is 5.69 Å². The van der Waals surface area contributed by atoms with Crippen molar-refractivity contribution in [3.05, 3.63) is 16.4 Å². The molecule has 1 rings (SSSR count). The lowest BCUT2D eigenvalue weighted by Gasteiger charge is -1.91. The lowest BCUT2D eigenvalue weighted by Crippen LogP contribution is -2.18. The van der Waals surface area contributed by atoms with Gasteiger partial charge in [0, 0.05) is 20.2 Å². The molecule has 1 N–H and O–H groups in total. The molecule has 1 amide bonds. The third kappa shape index (κ3) is 1.59. The van der Waals surface area contributed by atoms with E-state index in [0.717, 1.165) is 4.60 Å². The topological polar surface area (TPSA) is 46.9 Å². The molecule has 0 aliphatic heterocycles. The fraction of sp³-hybridized carbons (Fsp3) is 0.333. The lowest BCUT2D eigenvalue weighted by molar-refractivity contribution is 0.0957. The molecular formula is C6H8BrN3O.